The molecular weight excluding hydrogens is 336 g/mol. The lowest BCUT2D eigenvalue weighted by Crippen LogP contribution is -2.13. The largest absolute Gasteiger partial charge is 0.506 e. The van der Waals surface area contributed by atoms with E-state index < -0.39 is 0 Å². The molecule has 0 bridgehead atoms. The Morgan fingerprint density at radius 2 is 1.94 bits per heavy atom. The molecule has 0 saturated heterocycles. The van der Waals surface area contributed by atoms with Crippen LogP contribution in [0.3, 0.4) is 0 Å². The van der Waals surface area contributed by atoms with Crippen molar-refractivity contribution in [3.05, 3.63) is 27.7 Å². The molecule has 2 nitrogen and oxygen atoms in total. The van der Waals surface area contributed by atoms with Gasteiger partial charge in [-0.1, -0.05) is 36.7 Å². The number of rotatable bonds is 2. The maximum absolute atomic E-state index is 11.6. The molecule has 0 saturated carbocycles. The number of phenols is 1. The van der Waals surface area contributed by atoms with Crippen LogP contribution in [-0.2, 0) is 5.41 Å². The number of carbonyl (C=O) groups is 1. The van der Waals surface area contributed by atoms with Crippen molar-refractivity contribution < 1.29 is 9.90 Å². The van der Waals surface area contributed by atoms with Crippen LogP contribution in [0.2, 0.25) is 0 Å². The molecular formula is C12H14Br2O2. The molecule has 1 N–H and O–H groups in total. The molecule has 1 rings (SSSR count). The normalized spacial score (nSPS) is 11.6. The summed E-state index contributed by atoms with van der Waals surface area (Å²) in [5, 5.41) is 10.2. The van der Waals surface area contributed by atoms with Crippen LogP contribution in [0, 0.1) is 0 Å². The first kappa shape index (κ1) is 13.7. The van der Waals surface area contributed by atoms with Gasteiger partial charge in [0, 0.05) is 11.1 Å². The second-order valence-electron chi connectivity index (χ2n) is 4.66. The van der Waals surface area contributed by atoms with Crippen molar-refractivity contribution in [2.24, 2.45) is 0 Å². The minimum Gasteiger partial charge on any atom is -0.506 e. The van der Waals surface area contributed by atoms with Gasteiger partial charge in [-0.05, 0) is 33.5 Å². The Labute approximate surface area is 112 Å². The molecule has 16 heavy (non-hydrogen) atoms. The van der Waals surface area contributed by atoms with Gasteiger partial charge in [-0.15, -0.1) is 0 Å². The maximum Gasteiger partial charge on any atom is 0.173 e. The minimum atomic E-state index is -0.199. The van der Waals surface area contributed by atoms with Crippen molar-refractivity contribution in [2.45, 2.75) is 26.2 Å². The number of Topliss-reactive ketones (excluding diaryl/α,β-unsaturated/α-hetero) is 1. The third kappa shape index (κ3) is 2.86. The molecule has 0 aliphatic heterocycles. The first-order valence-corrected chi connectivity index (χ1v) is 6.81. The molecule has 1 aromatic rings. The molecule has 0 unspecified atom stereocenters. The molecule has 0 aliphatic rings. The summed E-state index contributed by atoms with van der Waals surface area (Å²) in [6.45, 7) is 5.99. The summed E-state index contributed by atoms with van der Waals surface area (Å²) in [5.74, 6) is 0.213. The average Bonchev–Trinajstić information content (AvgIpc) is 2.18. The lowest BCUT2D eigenvalue weighted by atomic mass is 9.85. The number of ketones is 1. The van der Waals surface area contributed by atoms with Gasteiger partial charge in [0.15, 0.2) is 5.78 Å². The van der Waals surface area contributed by atoms with Gasteiger partial charge in [0.05, 0.1) is 9.80 Å². The quantitative estimate of drug-likeness (QED) is 0.646. The van der Waals surface area contributed by atoms with Crippen LogP contribution in [0.5, 0.6) is 5.75 Å². The number of phenolic OH excluding ortho intramolecular Hbond substituents is 1. The van der Waals surface area contributed by atoms with Crippen molar-refractivity contribution in [2.75, 3.05) is 5.33 Å². The average molecular weight is 350 g/mol. The zero-order valence-corrected chi connectivity index (χ0v) is 12.6. The SMILES string of the molecule is CC(C)(C)c1cc(C(=O)CBr)cc(Br)c1O. The molecule has 0 fully saturated rings. The van der Waals surface area contributed by atoms with Crippen molar-refractivity contribution in [1.82, 2.24) is 0 Å². The topological polar surface area (TPSA) is 37.3 Å². The second kappa shape index (κ2) is 4.88. The number of benzene rings is 1. The van der Waals surface area contributed by atoms with Crippen molar-refractivity contribution in [3.8, 4) is 5.75 Å². The highest BCUT2D eigenvalue weighted by Crippen LogP contribution is 2.37. The van der Waals surface area contributed by atoms with Gasteiger partial charge >= 0.3 is 0 Å². The first-order valence-electron chi connectivity index (χ1n) is 4.89. The minimum absolute atomic E-state index is 0.00574. The first-order chi connectivity index (χ1) is 7.27. The fourth-order valence-electron chi connectivity index (χ4n) is 1.41. The Kier molecular flexibility index (Phi) is 4.18. The van der Waals surface area contributed by atoms with Crippen LogP contribution in [0.4, 0.5) is 0 Å². The van der Waals surface area contributed by atoms with E-state index in [1.165, 1.54) is 0 Å². The number of hydrogen-bond acceptors (Lipinski definition) is 2. The van der Waals surface area contributed by atoms with Crippen molar-refractivity contribution in [3.63, 3.8) is 0 Å². The van der Waals surface area contributed by atoms with Crippen LogP contribution in [-0.4, -0.2) is 16.2 Å². The standard InChI is InChI=1S/C12H14Br2O2/c1-12(2,3)8-4-7(10(15)6-13)5-9(14)11(8)16/h4-5,16H,6H2,1-3H3. The summed E-state index contributed by atoms with van der Waals surface area (Å²) < 4.78 is 0.559. The Morgan fingerprint density at radius 1 is 1.38 bits per heavy atom. The van der Waals surface area contributed by atoms with Crippen molar-refractivity contribution in [1.29, 1.82) is 0 Å². The highest BCUT2D eigenvalue weighted by molar-refractivity contribution is 9.10. The zero-order valence-electron chi connectivity index (χ0n) is 9.47. The molecule has 0 heterocycles. The number of aromatic hydroxyl groups is 1. The fourth-order valence-corrected chi connectivity index (χ4v) is 2.19. The third-order valence-corrected chi connectivity index (χ3v) is 3.43. The molecule has 0 amide bonds. The molecule has 0 radical (unpaired) electrons. The van der Waals surface area contributed by atoms with Gasteiger partial charge in [0.25, 0.3) is 0 Å². The van der Waals surface area contributed by atoms with E-state index in [1.54, 1.807) is 12.1 Å². The van der Waals surface area contributed by atoms with Gasteiger partial charge in [-0.2, -0.15) is 0 Å². The van der Waals surface area contributed by atoms with E-state index in [9.17, 15) is 9.90 Å². The van der Waals surface area contributed by atoms with E-state index in [4.69, 9.17) is 0 Å². The number of alkyl halides is 1. The van der Waals surface area contributed by atoms with Gasteiger partial charge in [0.2, 0.25) is 0 Å². The summed E-state index contributed by atoms with van der Waals surface area (Å²) in [5.41, 5.74) is 1.17. The molecule has 0 aromatic heterocycles. The molecule has 4 heteroatoms. The molecule has 0 atom stereocenters. The molecule has 0 aliphatic carbocycles. The Morgan fingerprint density at radius 3 is 2.38 bits per heavy atom. The maximum atomic E-state index is 11.6. The van der Waals surface area contributed by atoms with Crippen LogP contribution in [0.25, 0.3) is 0 Å². The van der Waals surface area contributed by atoms with E-state index in [-0.39, 0.29) is 22.3 Å². The second-order valence-corrected chi connectivity index (χ2v) is 6.08. The third-order valence-electron chi connectivity index (χ3n) is 2.31. The van der Waals surface area contributed by atoms with Crippen molar-refractivity contribution >= 4 is 37.6 Å². The van der Waals surface area contributed by atoms with E-state index in [1.807, 2.05) is 20.8 Å². The van der Waals surface area contributed by atoms with Crippen LogP contribution < -0.4 is 0 Å². The molecule has 1 aromatic carbocycles. The Hall–Kier alpha value is -0.350. The zero-order chi connectivity index (χ0) is 12.5. The van der Waals surface area contributed by atoms with E-state index in [2.05, 4.69) is 31.9 Å². The lowest BCUT2D eigenvalue weighted by molar-refractivity contribution is 0.102. The van der Waals surface area contributed by atoms with Crippen LogP contribution >= 0.6 is 31.9 Å². The van der Waals surface area contributed by atoms with Gasteiger partial charge in [0.1, 0.15) is 5.75 Å². The highest BCUT2D eigenvalue weighted by atomic mass is 79.9. The van der Waals surface area contributed by atoms with Crippen LogP contribution in [0.1, 0.15) is 36.7 Å². The predicted octanol–water partition coefficient (Wildman–Crippen LogP) is 4.03. The number of carbonyl (C=O) groups excluding carboxylic acids is 1. The summed E-state index contributed by atoms with van der Waals surface area (Å²) in [7, 11) is 0. The van der Waals surface area contributed by atoms with Gasteiger partial charge < -0.3 is 5.11 Å². The summed E-state index contributed by atoms with van der Waals surface area (Å²) in [4.78, 5) is 11.6. The molecule has 88 valence electrons. The number of halogens is 2. The van der Waals surface area contributed by atoms with E-state index >= 15 is 0 Å². The van der Waals surface area contributed by atoms with Gasteiger partial charge in [-0.25, -0.2) is 0 Å². The summed E-state index contributed by atoms with van der Waals surface area (Å²) in [6, 6.07) is 3.40. The predicted molar refractivity (Wildman–Crippen MR) is 72.6 cm³/mol. The fraction of sp³-hybridized carbons (Fsp3) is 0.417. The van der Waals surface area contributed by atoms with E-state index in [0.717, 1.165) is 5.56 Å². The van der Waals surface area contributed by atoms with Gasteiger partial charge in [-0.3, -0.25) is 4.79 Å². The number of hydrogen-bond donors (Lipinski definition) is 1. The smallest absolute Gasteiger partial charge is 0.173 e. The lowest BCUT2D eigenvalue weighted by Gasteiger charge is -2.21. The van der Waals surface area contributed by atoms with Crippen LogP contribution in [0.15, 0.2) is 16.6 Å². The highest BCUT2D eigenvalue weighted by Gasteiger charge is 2.21. The Bertz CT molecular complexity index is 420. The summed E-state index contributed by atoms with van der Waals surface area (Å²) >= 11 is 6.41. The summed E-state index contributed by atoms with van der Waals surface area (Å²) in [6.07, 6.45) is 0. The monoisotopic (exact) mass is 348 g/mol. The Balaban J connectivity index is 3.39. The van der Waals surface area contributed by atoms with E-state index in [0.29, 0.717) is 10.0 Å². The molecule has 0 spiro atoms.